The molecule has 0 radical (unpaired) electrons. The standard InChI is InChI=1S/C26H34N6O3S/c1-12(14-4-3-5-14)28-26-29-13(2)19(24(32-26)30-17-10-16(11-33)22(34)23(17)35)25-31-21-18(36-25)8-9-27-20(21)15-6-7-15/h8-9,12,14-17,22-23,33-35H,3-7,10-11H2,1-2H3,(H2,28,29,30,32)/t12-,16-,17?,22-,23+/m1/s1. The van der Waals surface area contributed by atoms with Crippen LogP contribution in [0.5, 0.6) is 0 Å². The van der Waals surface area contributed by atoms with Gasteiger partial charge >= 0.3 is 0 Å². The van der Waals surface area contributed by atoms with E-state index in [9.17, 15) is 15.3 Å². The highest BCUT2D eigenvalue weighted by atomic mass is 32.1. The number of hydrogen-bond acceptors (Lipinski definition) is 10. The van der Waals surface area contributed by atoms with Crippen molar-refractivity contribution in [1.29, 1.82) is 0 Å². The maximum atomic E-state index is 10.7. The average molecular weight is 511 g/mol. The van der Waals surface area contributed by atoms with Crippen LogP contribution < -0.4 is 10.6 Å². The Morgan fingerprint density at radius 1 is 1.11 bits per heavy atom. The Labute approximate surface area is 214 Å². The lowest BCUT2D eigenvalue weighted by Gasteiger charge is -2.32. The fraction of sp³-hybridized carbons (Fsp3) is 0.615. The number of pyridine rings is 1. The molecule has 0 amide bonds. The lowest BCUT2D eigenvalue weighted by Crippen LogP contribution is -2.36. The van der Waals surface area contributed by atoms with Gasteiger partial charge in [0.2, 0.25) is 5.95 Å². The Balaban J connectivity index is 1.39. The van der Waals surface area contributed by atoms with Crippen LogP contribution in [0.2, 0.25) is 0 Å². The van der Waals surface area contributed by atoms with E-state index in [2.05, 4.69) is 22.5 Å². The van der Waals surface area contributed by atoms with E-state index in [0.29, 0.717) is 30.0 Å². The van der Waals surface area contributed by atoms with Crippen molar-refractivity contribution in [2.24, 2.45) is 11.8 Å². The summed E-state index contributed by atoms with van der Waals surface area (Å²) in [6.45, 7) is 3.96. The number of aliphatic hydroxyl groups is 3. The summed E-state index contributed by atoms with van der Waals surface area (Å²) < 4.78 is 1.09. The van der Waals surface area contributed by atoms with E-state index in [1.807, 2.05) is 19.2 Å². The van der Waals surface area contributed by atoms with Gasteiger partial charge in [0, 0.05) is 30.7 Å². The second-order valence-electron chi connectivity index (χ2n) is 10.7. The number of nitrogens with zero attached hydrogens (tertiary/aromatic N) is 4. The highest BCUT2D eigenvalue weighted by Crippen LogP contribution is 2.44. The monoisotopic (exact) mass is 510 g/mol. The van der Waals surface area contributed by atoms with Crippen molar-refractivity contribution in [3.8, 4) is 10.6 Å². The van der Waals surface area contributed by atoms with Crippen molar-refractivity contribution in [3.05, 3.63) is 23.7 Å². The molecule has 3 saturated carbocycles. The van der Waals surface area contributed by atoms with E-state index in [4.69, 9.17) is 15.0 Å². The lowest BCUT2D eigenvalue weighted by atomic mass is 9.80. The maximum Gasteiger partial charge on any atom is 0.225 e. The molecule has 36 heavy (non-hydrogen) atoms. The Kier molecular flexibility index (Phi) is 6.31. The van der Waals surface area contributed by atoms with Crippen LogP contribution >= 0.6 is 11.3 Å². The summed E-state index contributed by atoms with van der Waals surface area (Å²) in [5.74, 6) is 1.87. The minimum Gasteiger partial charge on any atom is -0.396 e. The summed E-state index contributed by atoms with van der Waals surface area (Å²) in [6, 6.07) is 1.83. The summed E-state index contributed by atoms with van der Waals surface area (Å²) in [4.78, 5) is 19.3. The van der Waals surface area contributed by atoms with Crippen molar-refractivity contribution < 1.29 is 15.3 Å². The predicted octanol–water partition coefficient (Wildman–Crippen LogP) is 3.45. The molecule has 10 heteroatoms. The zero-order valence-electron chi connectivity index (χ0n) is 20.7. The molecule has 3 aliphatic rings. The third-order valence-electron chi connectivity index (χ3n) is 8.18. The molecule has 6 rings (SSSR count). The van der Waals surface area contributed by atoms with Gasteiger partial charge in [0.15, 0.2) is 0 Å². The van der Waals surface area contributed by atoms with E-state index in [-0.39, 0.29) is 18.6 Å². The fourth-order valence-electron chi connectivity index (χ4n) is 5.52. The SMILES string of the molecule is Cc1nc(N[C@H](C)C2CCC2)nc(NC2C[C@H](CO)[C@@H](O)[C@H]2O)c1-c1nc2c(C3CC3)nccc2s1. The lowest BCUT2D eigenvalue weighted by molar-refractivity contribution is 0.00446. The van der Waals surface area contributed by atoms with E-state index in [1.54, 1.807) is 11.3 Å². The van der Waals surface area contributed by atoms with Gasteiger partial charge in [0.05, 0.1) is 33.8 Å². The Morgan fingerprint density at radius 2 is 1.92 bits per heavy atom. The quantitative estimate of drug-likeness (QED) is 0.309. The Bertz CT molecular complexity index is 1260. The number of aliphatic hydroxyl groups excluding tert-OH is 3. The van der Waals surface area contributed by atoms with Gasteiger partial charge < -0.3 is 26.0 Å². The van der Waals surface area contributed by atoms with Crippen molar-refractivity contribution in [1.82, 2.24) is 19.9 Å². The van der Waals surface area contributed by atoms with Crippen molar-refractivity contribution in [2.45, 2.75) is 82.6 Å². The molecule has 3 heterocycles. The summed E-state index contributed by atoms with van der Waals surface area (Å²) >= 11 is 1.60. The molecule has 9 nitrogen and oxygen atoms in total. The molecule has 0 bridgehead atoms. The number of anilines is 2. The third-order valence-corrected chi connectivity index (χ3v) is 9.21. The first kappa shape index (κ1) is 24.0. The Hall–Kier alpha value is -2.40. The van der Waals surface area contributed by atoms with E-state index >= 15 is 0 Å². The number of hydrogen-bond donors (Lipinski definition) is 5. The smallest absolute Gasteiger partial charge is 0.225 e. The van der Waals surface area contributed by atoms with E-state index in [1.165, 1.54) is 19.3 Å². The average Bonchev–Trinajstić information content (AvgIpc) is 3.51. The van der Waals surface area contributed by atoms with E-state index < -0.39 is 18.2 Å². The molecule has 3 aliphatic carbocycles. The molecular weight excluding hydrogens is 476 g/mol. The third kappa shape index (κ3) is 4.34. The first-order valence-electron chi connectivity index (χ1n) is 13.1. The van der Waals surface area contributed by atoms with Crippen molar-refractivity contribution in [2.75, 3.05) is 17.2 Å². The topological polar surface area (TPSA) is 136 Å². The minimum absolute atomic E-state index is 0.174. The molecule has 3 fully saturated rings. The first-order valence-corrected chi connectivity index (χ1v) is 13.9. The molecular formula is C26H34N6O3S. The number of rotatable bonds is 8. The van der Waals surface area contributed by atoms with Crippen molar-refractivity contribution in [3.63, 3.8) is 0 Å². The molecule has 192 valence electrons. The number of aryl methyl sites for hydroxylation is 1. The fourth-order valence-corrected chi connectivity index (χ4v) is 6.59. The van der Waals surface area contributed by atoms with Gasteiger partial charge in [-0.2, -0.15) is 4.98 Å². The van der Waals surface area contributed by atoms with Gasteiger partial charge in [-0.25, -0.2) is 9.97 Å². The molecule has 0 aliphatic heterocycles. The van der Waals surface area contributed by atoms with E-state index in [0.717, 1.165) is 45.0 Å². The second-order valence-corrected chi connectivity index (χ2v) is 11.8. The van der Waals surface area contributed by atoms with Crippen LogP contribution in [0.25, 0.3) is 20.8 Å². The summed E-state index contributed by atoms with van der Waals surface area (Å²) in [5, 5.41) is 38.4. The Morgan fingerprint density at radius 3 is 2.58 bits per heavy atom. The van der Waals surface area contributed by atoms with Crippen LogP contribution in [-0.2, 0) is 0 Å². The summed E-state index contributed by atoms with van der Waals surface area (Å²) in [5.41, 5.74) is 3.61. The van der Waals surface area contributed by atoms with Gasteiger partial charge in [-0.1, -0.05) is 6.42 Å². The molecule has 0 aromatic carbocycles. The van der Waals surface area contributed by atoms with Gasteiger partial charge in [-0.15, -0.1) is 11.3 Å². The first-order chi connectivity index (χ1) is 17.4. The zero-order valence-corrected chi connectivity index (χ0v) is 21.5. The molecule has 0 spiro atoms. The number of fused-ring (bicyclic) bond motifs is 1. The van der Waals surface area contributed by atoms with Crippen LogP contribution in [0.1, 0.15) is 62.8 Å². The number of thiazole rings is 1. The van der Waals surface area contributed by atoms with Crippen LogP contribution in [0.4, 0.5) is 11.8 Å². The molecule has 3 aromatic rings. The number of aromatic nitrogens is 4. The maximum absolute atomic E-state index is 10.7. The van der Waals surface area contributed by atoms with Crippen LogP contribution in [0.3, 0.4) is 0 Å². The van der Waals surface area contributed by atoms with Crippen LogP contribution in [0.15, 0.2) is 12.3 Å². The van der Waals surface area contributed by atoms with Crippen molar-refractivity contribution >= 4 is 33.3 Å². The number of nitrogens with one attached hydrogen (secondary N) is 2. The summed E-state index contributed by atoms with van der Waals surface area (Å²) in [6.07, 6.45) is 6.33. The second kappa shape index (κ2) is 9.48. The highest BCUT2D eigenvalue weighted by Gasteiger charge is 2.41. The van der Waals surface area contributed by atoms with Gasteiger partial charge in [-0.05, 0) is 57.9 Å². The molecule has 3 aromatic heterocycles. The minimum atomic E-state index is -1.00. The zero-order chi connectivity index (χ0) is 25.0. The van der Waals surface area contributed by atoms with Gasteiger partial charge in [0.25, 0.3) is 0 Å². The molecule has 5 N–H and O–H groups in total. The van der Waals surface area contributed by atoms with Crippen LogP contribution in [-0.4, -0.2) is 66.2 Å². The van der Waals surface area contributed by atoms with Gasteiger partial charge in [-0.3, -0.25) is 4.98 Å². The van der Waals surface area contributed by atoms with Gasteiger partial charge in [0.1, 0.15) is 22.4 Å². The largest absolute Gasteiger partial charge is 0.396 e. The molecule has 0 saturated heterocycles. The van der Waals surface area contributed by atoms with Crippen LogP contribution in [0, 0.1) is 18.8 Å². The predicted molar refractivity (Wildman–Crippen MR) is 140 cm³/mol. The molecule has 1 unspecified atom stereocenters. The highest BCUT2D eigenvalue weighted by molar-refractivity contribution is 7.21. The normalized spacial score (nSPS) is 27.2. The molecule has 5 atom stereocenters. The summed E-state index contributed by atoms with van der Waals surface area (Å²) in [7, 11) is 0.